The first-order valence-electron chi connectivity index (χ1n) is 4.67. The molecule has 0 spiro atoms. The van der Waals surface area contributed by atoms with Gasteiger partial charge in [0.2, 0.25) is 12.8 Å². The Morgan fingerprint density at radius 2 is 2.44 bits per heavy atom. The third-order valence-electron chi connectivity index (χ3n) is 1.92. The Kier molecular flexibility index (Phi) is 5.04. The lowest BCUT2D eigenvalue weighted by Crippen LogP contribution is -2.44. The van der Waals surface area contributed by atoms with Crippen molar-refractivity contribution in [3.63, 3.8) is 0 Å². The van der Waals surface area contributed by atoms with Gasteiger partial charge in [-0.1, -0.05) is 4.52 Å². The molecule has 92 valence electrons. The van der Waals surface area contributed by atoms with Crippen LogP contribution in [0.1, 0.15) is 0 Å². The number of hydrogen-bond donors (Lipinski definition) is 2. The molecule has 1 heterocycles. The van der Waals surface area contributed by atoms with Crippen LogP contribution in [0.25, 0.3) is 0 Å². The van der Waals surface area contributed by atoms with Crippen LogP contribution in [0.5, 0.6) is 0 Å². The smallest absolute Gasteiger partial charge is 0.368 e. The number of aliphatic hydroxyl groups is 1. The maximum atomic E-state index is 11.2. The molecule has 16 heavy (non-hydrogen) atoms. The summed E-state index contributed by atoms with van der Waals surface area (Å²) in [6.45, 7) is 0.469. The van der Waals surface area contributed by atoms with Crippen molar-refractivity contribution in [1.29, 1.82) is 0 Å². The van der Waals surface area contributed by atoms with E-state index in [0.29, 0.717) is 13.1 Å². The van der Waals surface area contributed by atoms with Crippen molar-refractivity contribution >= 4 is 14.2 Å². The van der Waals surface area contributed by atoms with Crippen LogP contribution in [0.15, 0.2) is 4.99 Å². The van der Waals surface area contributed by atoms with E-state index in [9.17, 15) is 4.57 Å². The van der Waals surface area contributed by atoms with Gasteiger partial charge in [0.15, 0.2) is 0 Å². The summed E-state index contributed by atoms with van der Waals surface area (Å²) in [6, 6.07) is -0.101. The molecule has 0 radical (unpaired) electrons. The van der Waals surface area contributed by atoms with Crippen molar-refractivity contribution in [2.45, 2.75) is 6.04 Å². The highest BCUT2D eigenvalue weighted by Crippen LogP contribution is 2.27. The quantitative estimate of drug-likeness (QED) is 0.466. The molecule has 0 saturated heterocycles. The standard InChI is InChI=1S/C7H16N4O4P/c1-10(2)4-6-3-9-7(8)11(6)15-16(13)14-5-12/h6,12H,3-5H2,1-2H3,(H2,8,9)/q+1/t6-/m1/s1. The second kappa shape index (κ2) is 6.07. The number of rotatable bonds is 6. The molecule has 1 aliphatic rings. The molecule has 0 bridgehead atoms. The molecule has 0 amide bonds. The number of hydroxylamine groups is 2. The molecule has 0 fully saturated rings. The molecule has 1 rings (SSSR count). The first-order chi connectivity index (χ1) is 7.54. The van der Waals surface area contributed by atoms with E-state index in [4.69, 9.17) is 15.5 Å². The number of guanidine groups is 1. The summed E-state index contributed by atoms with van der Waals surface area (Å²) in [5, 5.41) is 9.67. The van der Waals surface area contributed by atoms with E-state index in [1.807, 2.05) is 19.0 Å². The molecular weight excluding hydrogens is 235 g/mol. The Bertz CT molecular complexity index is 286. The van der Waals surface area contributed by atoms with Gasteiger partial charge >= 0.3 is 8.25 Å². The molecule has 2 atom stereocenters. The summed E-state index contributed by atoms with van der Waals surface area (Å²) in [5.74, 6) is 0.164. The molecule has 9 heteroatoms. The minimum atomic E-state index is -2.42. The van der Waals surface area contributed by atoms with Gasteiger partial charge in [-0.3, -0.25) is 0 Å². The second-order valence-corrected chi connectivity index (χ2v) is 4.37. The first kappa shape index (κ1) is 13.3. The lowest BCUT2D eigenvalue weighted by atomic mass is 10.3. The van der Waals surface area contributed by atoms with Gasteiger partial charge < -0.3 is 15.7 Å². The Morgan fingerprint density at radius 3 is 3.00 bits per heavy atom. The fourth-order valence-electron chi connectivity index (χ4n) is 1.33. The summed E-state index contributed by atoms with van der Waals surface area (Å²) in [6.07, 6.45) is 0. The van der Waals surface area contributed by atoms with Gasteiger partial charge in [-0.15, -0.1) is 0 Å². The molecule has 0 aliphatic carbocycles. The summed E-state index contributed by atoms with van der Waals surface area (Å²) < 4.78 is 20.5. The van der Waals surface area contributed by atoms with E-state index in [-0.39, 0.29) is 12.0 Å². The maximum Gasteiger partial charge on any atom is 0.724 e. The highest BCUT2D eigenvalue weighted by Gasteiger charge is 2.36. The zero-order valence-corrected chi connectivity index (χ0v) is 10.1. The van der Waals surface area contributed by atoms with Crippen molar-refractivity contribution < 1.29 is 18.8 Å². The normalized spacial score (nSPS) is 21.5. The van der Waals surface area contributed by atoms with E-state index in [1.54, 1.807) is 0 Å². The number of nitrogens with zero attached hydrogens (tertiary/aromatic N) is 3. The van der Waals surface area contributed by atoms with Crippen LogP contribution < -0.4 is 5.73 Å². The largest absolute Gasteiger partial charge is 0.724 e. The van der Waals surface area contributed by atoms with E-state index < -0.39 is 15.0 Å². The minimum absolute atomic E-state index is 0.101. The Balaban J connectivity index is 2.52. The van der Waals surface area contributed by atoms with Crippen molar-refractivity contribution in [2.24, 2.45) is 10.7 Å². The van der Waals surface area contributed by atoms with E-state index in [0.717, 1.165) is 0 Å². The van der Waals surface area contributed by atoms with Crippen molar-refractivity contribution in [3.05, 3.63) is 0 Å². The zero-order chi connectivity index (χ0) is 12.1. The summed E-state index contributed by atoms with van der Waals surface area (Å²) in [5.41, 5.74) is 5.58. The van der Waals surface area contributed by atoms with Crippen LogP contribution in [0, 0.1) is 0 Å². The Morgan fingerprint density at radius 1 is 1.75 bits per heavy atom. The maximum absolute atomic E-state index is 11.2. The zero-order valence-electron chi connectivity index (χ0n) is 9.24. The average Bonchev–Trinajstić information content (AvgIpc) is 2.49. The minimum Gasteiger partial charge on any atom is -0.368 e. The molecule has 0 saturated carbocycles. The summed E-state index contributed by atoms with van der Waals surface area (Å²) >= 11 is 0. The van der Waals surface area contributed by atoms with Crippen LogP contribution in [0.2, 0.25) is 0 Å². The van der Waals surface area contributed by atoms with Crippen LogP contribution in [-0.4, -0.2) is 61.0 Å². The molecule has 0 aromatic heterocycles. The van der Waals surface area contributed by atoms with Crippen molar-refractivity contribution in [1.82, 2.24) is 9.96 Å². The van der Waals surface area contributed by atoms with Gasteiger partial charge in [-0.25, -0.2) is 4.99 Å². The molecular formula is C7H16N4O4P+. The van der Waals surface area contributed by atoms with Gasteiger partial charge in [0.05, 0.1) is 12.6 Å². The van der Waals surface area contributed by atoms with Crippen LogP contribution in [-0.2, 0) is 13.7 Å². The van der Waals surface area contributed by atoms with Crippen molar-refractivity contribution in [3.8, 4) is 0 Å². The third kappa shape index (κ3) is 3.66. The van der Waals surface area contributed by atoms with Gasteiger partial charge in [0, 0.05) is 15.7 Å². The summed E-state index contributed by atoms with van der Waals surface area (Å²) in [4.78, 5) is 5.93. The molecule has 1 aliphatic heterocycles. The van der Waals surface area contributed by atoms with Gasteiger partial charge in [-0.2, -0.15) is 5.06 Å². The summed E-state index contributed by atoms with van der Waals surface area (Å²) in [7, 11) is 1.38. The first-order valence-corrected chi connectivity index (χ1v) is 5.77. The number of aliphatic hydroxyl groups excluding tert-OH is 1. The fraction of sp³-hybridized carbons (Fsp3) is 0.857. The van der Waals surface area contributed by atoms with E-state index >= 15 is 0 Å². The Labute approximate surface area is 94.5 Å². The number of hydrogen-bond acceptors (Lipinski definition) is 8. The molecule has 1 unspecified atom stereocenters. The van der Waals surface area contributed by atoms with Crippen LogP contribution in [0.4, 0.5) is 0 Å². The Hall–Kier alpha value is -0.790. The van der Waals surface area contributed by atoms with Gasteiger partial charge in [0.25, 0.3) is 0 Å². The van der Waals surface area contributed by atoms with E-state index in [1.165, 1.54) is 5.06 Å². The third-order valence-corrected chi connectivity index (χ3v) is 2.55. The molecule has 3 N–H and O–H groups in total. The predicted molar refractivity (Wildman–Crippen MR) is 57.5 cm³/mol. The number of likely N-dealkylation sites (N-methyl/N-ethyl adjacent to an activating group) is 1. The number of nitrogens with two attached hydrogens (primary N) is 1. The van der Waals surface area contributed by atoms with Crippen LogP contribution in [0.3, 0.4) is 0 Å². The number of aliphatic imine (C=N–C) groups is 1. The average molecular weight is 251 g/mol. The second-order valence-electron chi connectivity index (χ2n) is 3.50. The van der Waals surface area contributed by atoms with Crippen molar-refractivity contribution in [2.75, 3.05) is 34.0 Å². The van der Waals surface area contributed by atoms with Gasteiger partial charge in [0.1, 0.15) is 0 Å². The predicted octanol–water partition coefficient (Wildman–Crippen LogP) is -0.898. The van der Waals surface area contributed by atoms with Crippen LogP contribution >= 0.6 is 8.25 Å². The fourth-order valence-corrected chi connectivity index (χ4v) is 1.84. The molecule has 0 aromatic rings. The monoisotopic (exact) mass is 251 g/mol. The molecule has 8 nitrogen and oxygen atoms in total. The van der Waals surface area contributed by atoms with Gasteiger partial charge in [-0.05, 0) is 14.1 Å². The highest BCUT2D eigenvalue weighted by molar-refractivity contribution is 7.33. The SMILES string of the molecule is CN(C)C[C@H]1CN=C(N)N1O[P+](=O)OCO. The highest BCUT2D eigenvalue weighted by atomic mass is 31.1. The topological polar surface area (TPSA) is 101 Å². The molecule has 0 aromatic carbocycles. The van der Waals surface area contributed by atoms with E-state index in [2.05, 4.69) is 9.52 Å². The lowest BCUT2D eigenvalue weighted by Gasteiger charge is -2.21. The lowest BCUT2D eigenvalue weighted by molar-refractivity contribution is -0.0345.